The quantitative estimate of drug-likeness (QED) is 0.866. The van der Waals surface area contributed by atoms with Gasteiger partial charge >= 0.3 is 5.97 Å². The summed E-state index contributed by atoms with van der Waals surface area (Å²) < 4.78 is 5.87. The number of rotatable bonds is 2. The van der Waals surface area contributed by atoms with Crippen LogP contribution in [0.25, 0.3) is 10.9 Å². The molecule has 3 heterocycles. The van der Waals surface area contributed by atoms with Crippen molar-refractivity contribution < 1.29 is 9.53 Å². The molecule has 1 unspecified atom stereocenters. The molecule has 0 amide bonds. The van der Waals surface area contributed by atoms with Crippen molar-refractivity contribution >= 4 is 16.9 Å². The number of benzene rings is 1. The first-order valence-corrected chi connectivity index (χ1v) is 8.13. The highest BCUT2D eigenvalue weighted by molar-refractivity contribution is 6.05. The second-order valence-corrected chi connectivity index (χ2v) is 6.72. The summed E-state index contributed by atoms with van der Waals surface area (Å²) in [7, 11) is 2.20. The average Bonchev–Trinajstić information content (AvgIpc) is 2.90. The number of carbonyl (C=O) groups is 1. The van der Waals surface area contributed by atoms with Crippen molar-refractivity contribution in [1.82, 2.24) is 9.88 Å². The van der Waals surface area contributed by atoms with Crippen LogP contribution in [-0.4, -0.2) is 41.1 Å². The highest BCUT2D eigenvalue weighted by Crippen LogP contribution is 2.36. The van der Waals surface area contributed by atoms with Crippen LogP contribution in [-0.2, 0) is 4.74 Å². The highest BCUT2D eigenvalue weighted by atomic mass is 16.5. The molecular formula is C18H22N2O2. The molecule has 0 spiro atoms. The number of H-pyrrole nitrogens is 1. The van der Waals surface area contributed by atoms with Crippen LogP contribution in [0.4, 0.5) is 0 Å². The summed E-state index contributed by atoms with van der Waals surface area (Å²) in [6.45, 7) is 1.94. The number of fused-ring (bicyclic) bond motifs is 3. The molecule has 2 aromatic rings. The largest absolute Gasteiger partial charge is 0.459 e. The van der Waals surface area contributed by atoms with E-state index in [9.17, 15) is 4.79 Å². The molecular weight excluding hydrogens is 276 g/mol. The van der Waals surface area contributed by atoms with Gasteiger partial charge < -0.3 is 14.6 Å². The van der Waals surface area contributed by atoms with Gasteiger partial charge in [-0.2, -0.15) is 0 Å². The zero-order valence-corrected chi connectivity index (χ0v) is 13.1. The Morgan fingerprint density at radius 2 is 1.91 bits per heavy atom. The van der Waals surface area contributed by atoms with Gasteiger partial charge in [-0.05, 0) is 32.9 Å². The van der Waals surface area contributed by atoms with Gasteiger partial charge in [0.25, 0.3) is 0 Å². The molecule has 2 saturated heterocycles. The Bertz CT molecular complexity index is 707. The molecule has 116 valence electrons. The van der Waals surface area contributed by atoms with Crippen LogP contribution in [0.2, 0.25) is 0 Å². The molecule has 2 bridgehead atoms. The number of aryl methyl sites for hydroxylation is 1. The van der Waals surface area contributed by atoms with Gasteiger partial charge in [0.1, 0.15) is 6.10 Å². The molecule has 2 aliphatic heterocycles. The summed E-state index contributed by atoms with van der Waals surface area (Å²) in [4.78, 5) is 18.4. The van der Waals surface area contributed by atoms with Crippen molar-refractivity contribution in [2.45, 2.75) is 50.8 Å². The predicted octanol–water partition coefficient (Wildman–Crippen LogP) is 3.26. The smallest absolute Gasteiger partial charge is 0.340 e. The number of esters is 1. The van der Waals surface area contributed by atoms with E-state index in [1.165, 1.54) is 12.8 Å². The molecule has 4 rings (SSSR count). The summed E-state index contributed by atoms with van der Waals surface area (Å²) in [5.74, 6) is -0.177. The number of ether oxygens (including phenoxy) is 1. The maximum absolute atomic E-state index is 12.7. The highest BCUT2D eigenvalue weighted by Gasteiger charge is 2.40. The molecule has 22 heavy (non-hydrogen) atoms. The molecule has 0 saturated carbocycles. The standard InChI is InChI=1S/C18H22N2O2/c1-11-17(15-5-3-4-6-16(15)19-11)18(21)22-14-9-12-7-8-13(10-14)20(12)2/h3-6,12-14,19H,7-10H2,1-2H3/t12-,13+,14?. The Labute approximate surface area is 130 Å². The van der Waals surface area contributed by atoms with Crippen LogP contribution in [0.15, 0.2) is 24.3 Å². The molecule has 2 aliphatic rings. The van der Waals surface area contributed by atoms with Crippen molar-refractivity contribution in [3.8, 4) is 0 Å². The molecule has 4 nitrogen and oxygen atoms in total. The predicted molar refractivity (Wildman–Crippen MR) is 86.0 cm³/mol. The molecule has 1 aromatic heterocycles. The lowest BCUT2D eigenvalue weighted by Crippen LogP contribution is -2.43. The maximum atomic E-state index is 12.7. The second-order valence-electron chi connectivity index (χ2n) is 6.72. The van der Waals surface area contributed by atoms with Gasteiger partial charge in [-0.3, -0.25) is 0 Å². The van der Waals surface area contributed by atoms with Gasteiger partial charge in [-0.15, -0.1) is 0 Å². The zero-order valence-electron chi connectivity index (χ0n) is 13.1. The van der Waals surface area contributed by atoms with E-state index in [2.05, 4.69) is 16.9 Å². The van der Waals surface area contributed by atoms with Gasteiger partial charge in [-0.25, -0.2) is 4.79 Å². The topological polar surface area (TPSA) is 45.3 Å². The van der Waals surface area contributed by atoms with Crippen LogP contribution in [0.5, 0.6) is 0 Å². The van der Waals surface area contributed by atoms with Gasteiger partial charge in [-0.1, -0.05) is 18.2 Å². The number of hydrogen-bond donors (Lipinski definition) is 1. The number of piperidine rings is 1. The first kappa shape index (κ1) is 13.8. The lowest BCUT2D eigenvalue weighted by Gasteiger charge is -2.35. The monoisotopic (exact) mass is 298 g/mol. The lowest BCUT2D eigenvalue weighted by atomic mass is 10.0. The minimum atomic E-state index is -0.177. The van der Waals surface area contributed by atoms with Crippen LogP contribution in [0.3, 0.4) is 0 Å². The van der Waals surface area contributed by atoms with E-state index in [0.29, 0.717) is 17.6 Å². The first-order valence-electron chi connectivity index (χ1n) is 8.13. The number of nitrogens with one attached hydrogen (secondary N) is 1. The third-order valence-electron chi connectivity index (χ3n) is 5.43. The van der Waals surface area contributed by atoms with Gasteiger partial charge in [0.05, 0.1) is 5.56 Å². The van der Waals surface area contributed by atoms with Gasteiger partial charge in [0.2, 0.25) is 0 Å². The van der Waals surface area contributed by atoms with E-state index in [-0.39, 0.29) is 12.1 Å². The molecule has 0 aliphatic carbocycles. The maximum Gasteiger partial charge on any atom is 0.340 e. The molecule has 1 N–H and O–H groups in total. The number of aromatic nitrogens is 1. The Balaban J connectivity index is 1.56. The average molecular weight is 298 g/mol. The number of para-hydroxylation sites is 1. The van der Waals surface area contributed by atoms with Crippen molar-refractivity contribution in [3.63, 3.8) is 0 Å². The number of hydrogen-bond acceptors (Lipinski definition) is 3. The third-order valence-corrected chi connectivity index (χ3v) is 5.43. The van der Waals surface area contributed by atoms with E-state index in [0.717, 1.165) is 29.4 Å². The van der Waals surface area contributed by atoms with E-state index in [1.54, 1.807) is 0 Å². The van der Waals surface area contributed by atoms with E-state index in [4.69, 9.17) is 4.74 Å². The number of carbonyl (C=O) groups excluding carboxylic acids is 1. The van der Waals surface area contributed by atoms with E-state index < -0.39 is 0 Å². The van der Waals surface area contributed by atoms with Crippen molar-refractivity contribution in [3.05, 3.63) is 35.5 Å². The van der Waals surface area contributed by atoms with Crippen LogP contribution in [0.1, 0.15) is 41.7 Å². The Morgan fingerprint density at radius 3 is 2.64 bits per heavy atom. The fourth-order valence-electron chi connectivity index (χ4n) is 4.21. The Hall–Kier alpha value is -1.81. The summed E-state index contributed by atoms with van der Waals surface area (Å²) in [5, 5.41) is 0.959. The lowest BCUT2D eigenvalue weighted by molar-refractivity contribution is -0.000321. The fourth-order valence-corrected chi connectivity index (χ4v) is 4.21. The minimum Gasteiger partial charge on any atom is -0.459 e. The molecule has 1 aromatic carbocycles. The Kier molecular flexibility index (Phi) is 3.22. The van der Waals surface area contributed by atoms with Crippen LogP contribution < -0.4 is 0 Å². The number of aromatic amines is 1. The van der Waals surface area contributed by atoms with Crippen molar-refractivity contribution in [2.24, 2.45) is 0 Å². The van der Waals surface area contributed by atoms with Gasteiger partial charge in [0, 0.05) is 41.5 Å². The molecule has 4 heteroatoms. The van der Waals surface area contributed by atoms with Crippen LogP contribution >= 0.6 is 0 Å². The van der Waals surface area contributed by atoms with Crippen molar-refractivity contribution in [1.29, 1.82) is 0 Å². The van der Waals surface area contributed by atoms with Gasteiger partial charge in [0.15, 0.2) is 0 Å². The summed E-state index contributed by atoms with van der Waals surface area (Å²) in [5.41, 5.74) is 2.58. The molecule has 2 fully saturated rings. The van der Waals surface area contributed by atoms with E-state index >= 15 is 0 Å². The number of nitrogens with zero attached hydrogens (tertiary/aromatic N) is 1. The van der Waals surface area contributed by atoms with Crippen molar-refractivity contribution in [2.75, 3.05) is 7.05 Å². The fraction of sp³-hybridized carbons (Fsp3) is 0.500. The van der Waals surface area contributed by atoms with E-state index in [1.807, 2.05) is 31.2 Å². The first-order chi connectivity index (χ1) is 10.6. The Morgan fingerprint density at radius 1 is 1.23 bits per heavy atom. The second kappa shape index (κ2) is 5.13. The SMILES string of the molecule is Cc1[nH]c2ccccc2c1C(=O)OC1C[C@H]2CC[C@@H](C1)N2C. The summed E-state index contributed by atoms with van der Waals surface area (Å²) in [6.07, 6.45) is 4.48. The zero-order chi connectivity index (χ0) is 15.3. The normalized spacial score (nSPS) is 28.2. The van der Waals surface area contributed by atoms with Crippen LogP contribution in [0, 0.1) is 6.92 Å². The minimum absolute atomic E-state index is 0.0641. The molecule has 0 radical (unpaired) electrons. The molecule has 3 atom stereocenters. The summed E-state index contributed by atoms with van der Waals surface area (Å²) >= 11 is 0. The third kappa shape index (κ3) is 2.13. The summed E-state index contributed by atoms with van der Waals surface area (Å²) in [6, 6.07) is 9.08.